The second kappa shape index (κ2) is 6.40. The molecule has 0 aromatic heterocycles. The van der Waals surface area contributed by atoms with Crippen LogP contribution in [-0.4, -0.2) is 25.5 Å². The third-order valence-corrected chi connectivity index (χ3v) is 2.60. The molecule has 3 nitrogen and oxygen atoms in total. The summed E-state index contributed by atoms with van der Waals surface area (Å²) >= 11 is 0. The van der Waals surface area contributed by atoms with E-state index in [0.717, 1.165) is 17.5 Å². The Bertz CT molecular complexity index is 350. The summed E-state index contributed by atoms with van der Waals surface area (Å²) in [7, 11) is 1.68. The molecule has 1 unspecified atom stereocenters. The fraction of sp³-hybridized carbons (Fsp3) is 0.462. The van der Waals surface area contributed by atoms with Gasteiger partial charge in [-0.3, -0.25) is 4.79 Å². The molecule has 2 N–H and O–H groups in total. The van der Waals surface area contributed by atoms with E-state index in [4.69, 9.17) is 10.5 Å². The molecule has 0 aliphatic rings. The maximum atomic E-state index is 11.8. The zero-order valence-corrected chi connectivity index (χ0v) is 9.90. The molecule has 0 bridgehead atoms. The predicted molar refractivity (Wildman–Crippen MR) is 64.6 cm³/mol. The second-order valence-corrected chi connectivity index (χ2v) is 3.87. The van der Waals surface area contributed by atoms with Gasteiger partial charge in [0.15, 0.2) is 5.78 Å². The Morgan fingerprint density at radius 3 is 2.75 bits per heavy atom. The van der Waals surface area contributed by atoms with Crippen molar-refractivity contribution < 1.29 is 9.53 Å². The Morgan fingerprint density at radius 1 is 1.44 bits per heavy atom. The van der Waals surface area contributed by atoms with Crippen LogP contribution in [0.15, 0.2) is 24.3 Å². The number of ketones is 1. The molecule has 0 saturated heterocycles. The maximum Gasteiger partial charge on any atom is 0.164 e. The van der Waals surface area contributed by atoms with Crippen molar-refractivity contribution in [3.63, 3.8) is 0 Å². The molecule has 0 fully saturated rings. The zero-order chi connectivity index (χ0) is 12.0. The van der Waals surface area contributed by atoms with E-state index in [-0.39, 0.29) is 11.9 Å². The lowest BCUT2D eigenvalue weighted by molar-refractivity contribution is 0.0980. The number of Topliss-reactive ketones (excluding diaryl/α,β-unsaturated/α-hetero) is 1. The van der Waals surface area contributed by atoms with Crippen molar-refractivity contribution in [2.45, 2.75) is 25.9 Å². The highest BCUT2D eigenvalue weighted by atomic mass is 16.5. The van der Waals surface area contributed by atoms with Gasteiger partial charge in [-0.2, -0.15) is 0 Å². The minimum atomic E-state index is 0.112. The molecule has 0 spiro atoms. The van der Waals surface area contributed by atoms with Gasteiger partial charge in [0, 0.05) is 19.1 Å². The molecular formula is C13H19NO2. The molecule has 1 aromatic carbocycles. The average Bonchev–Trinajstić information content (AvgIpc) is 2.30. The van der Waals surface area contributed by atoms with Crippen molar-refractivity contribution in [1.82, 2.24) is 0 Å². The Balaban J connectivity index is 2.87. The van der Waals surface area contributed by atoms with Gasteiger partial charge in [0.25, 0.3) is 0 Å². The number of benzene rings is 1. The number of nitrogens with two attached hydrogens (primary N) is 1. The summed E-state index contributed by atoms with van der Waals surface area (Å²) in [6.07, 6.45) is 1.27. The quantitative estimate of drug-likeness (QED) is 0.745. The van der Waals surface area contributed by atoms with Gasteiger partial charge in [-0.05, 0) is 25.5 Å². The van der Waals surface area contributed by atoms with Crippen LogP contribution in [0.25, 0.3) is 0 Å². The third-order valence-electron chi connectivity index (χ3n) is 2.60. The number of methoxy groups -OCH3 is 1. The minimum Gasteiger partial charge on any atom is -0.381 e. The van der Waals surface area contributed by atoms with E-state index in [1.165, 1.54) is 0 Å². The van der Waals surface area contributed by atoms with Crippen molar-refractivity contribution in [2.24, 2.45) is 5.73 Å². The summed E-state index contributed by atoms with van der Waals surface area (Å²) in [5.41, 5.74) is 7.21. The van der Waals surface area contributed by atoms with E-state index < -0.39 is 0 Å². The van der Waals surface area contributed by atoms with E-state index in [1.54, 1.807) is 7.11 Å². The summed E-state index contributed by atoms with van der Waals surface area (Å²) < 4.78 is 5.21. The van der Waals surface area contributed by atoms with Gasteiger partial charge in [0.05, 0.1) is 6.10 Å². The molecule has 0 radical (unpaired) electrons. The highest BCUT2D eigenvalue weighted by Gasteiger charge is 2.11. The van der Waals surface area contributed by atoms with Gasteiger partial charge in [0.2, 0.25) is 0 Å². The van der Waals surface area contributed by atoms with Crippen LogP contribution in [0.5, 0.6) is 0 Å². The lowest BCUT2D eigenvalue weighted by Gasteiger charge is -2.12. The summed E-state index contributed by atoms with van der Waals surface area (Å²) in [5, 5.41) is 0. The molecule has 1 atom stereocenters. The molecule has 1 aromatic rings. The van der Waals surface area contributed by atoms with Crippen LogP contribution < -0.4 is 5.73 Å². The molecule has 16 heavy (non-hydrogen) atoms. The number of hydrogen-bond donors (Lipinski definition) is 1. The van der Waals surface area contributed by atoms with Crippen molar-refractivity contribution >= 4 is 5.78 Å². The van der Waals surface area contributed by atoms with Gasteiger partial charge < -0.3 is 10.5 Å². The molecule has 0 amide bonds. The highest BCUT2D eigenvalue weighted by Crippen LogP contribution is 2.14. The maximum absolute atomic E-state index is 11.8. The van der Waals surface area contributed by atoms with Crippen LogP contribution in [0, 0.1) is 0 Å². The summed E-state index contributed by atoms with van der Waals surface area (Å²) in [4.78, 5) is 11.8. The van der Waals surface area contributed by atoms with Gasteiger partial charge in [-0.1, -0.05) is 24.3 Å². The van der Waals surface area contributed by atoms with Crippen LogP contribution in [0.2, 0.25) is 0 Å². The first-order valence-electron chi connectivity index (χ1n) is 5.53. The van der Waals surface area contributed by atoms with Crippen LogP contribution in [0.1, 0.15) is 29.3 Å². The van der Waals surface area contributed by atoms with Crippen molar-refractivity contribution in [3.05, 3.63) is 35.4 Å². The first-order chi connectivity index (χ1) is 7.69. The Morgan fingerprint density at radius 2 is 2.12 bits per heavy atom. The minimum absolute atomic E-state index is 0.112. The number of rotatable bonds is 6. The van der Waals surface area contributed by atoms with Crippen LogP contribution >= 0.6 is 0 Å². The summed E-state index contributed by atoms with van der Waals surface area (Å²) in [6.45, 7) is 2.39. The van der Waals surface area contributed by atoms with E-state index in [2.05, 4.69) is 0 Å². The van der Waals surface area contributed by atoms with Gasteiger partial charge >= 0.3 is 0 Å². The molecule has 0 aliphatic heterocycles. The number of ether oxygens (including phenoxy) is 1. The number of carbonyl (C=O) groups excluding carboxylic acids is 1. The van der Waals surface area contributed by atoms with E-state index in [9.17, 15) is 4.79 Å². The van der Waals surface area contributed by atoms with E-state index in [0.29, 0.717) is 13.0 Å². The van der Waals surface area contributed by atoms with Crippen molar-refractivity contribution in [1.29, 1.82) is 0 Å². The largest absolute Gasteiger partial charge is 0.381 e. The smallest absolute Gasteiger partial charge is 0.164 e. The standard InChI is InChI=1S/C13H19NO2/c1-10(16-2)9-11-5-3-4-6-12(11)13(15)7-8-14/h3-6,10H,7-9,14H2,1-2H3. The highest BCUT2D eigenvalue weighted by molar-refractivity contribution is 5.97. The first-order valence-corrected chi connectivity index (χ1v) is 5.53. The van der Waals surface area contributed by atoms with Crippen LogP contribution in [0.4, 0.5) is 0 Å². The van der Waals surface area contributed by atoms with Crippen LogP contribution in [0.3, 0.4) is 0 Å². The molecule has 0 heterocycles. The van der Waals surface area contributed by atoms with E-state index >= 15 is 0 Å². The lowest BCUT2D eigenvalue weighted by Crippen LogP contribution is -2.14. The topological polar surface area (TPSA) is 52.3 Å². The molecule has 0 aliphatic carbocycles. The molecule has 88 valence electrons. The fourth-order valence-corrected chi connectivity index (χ4v) is 1.63. The Labute approximate surface area is 96.6 Å². The molecule has 3 heteroatoms. The van der Waals surface area contributed by atoms with Crippen LogP contribution in [-0.2, 0) is 11.2 Å². The fourth-order valence-electron chi connectivity index (χ4n) is 1.63. The van der Waals surface area contributed by atoms with Crippen molar-refractivity contribution in [3.8, 4) is 0 Å². The van der Waals surface area contributed by atoms with Crippen molar-refractivity contribution in [2.75, 3.05) is 13.7 Å². The normalized spacial score (nSPS) is 12.4. The molecule has 1 rings (SSSR count). The van der Waals surface area contributed by atoms with Gasteiger partial charge in [-0.25, -0.2) is 0 Å². The monoisotopic (exact) mass is 221 g/mol. The predicted octanol–water partition coefficient (Wildman–Crippen LogP) is 1.80. The lowest BCUT2D eigenvalue weighted by atomic mass is 9.97. The summed E-state index contributed by atoms with van der Waals surface area (Å²) in [6, 6.07) is 7.65. The average molecular weight is 221 g/mol. The second-order valence-electron chi connectivity index (χ2n) is 3.87. The Hall–Kier alpha value is -1.19. The number of carbonyl (C=O) groups is 1. The zero-order valence-electron chi connectivity index (χ0n) is 9.90. The van der Waals surface area contributed by atoms with Gasteiger partial charge in [0.1, 0.15) is 0 Å². The molecular weight excluding hydrogens is 202 g/mol. The number of hydrogen-bond acceptors (Lipinski definition) is 3. The van der Waals surface area contributed by atoms with Gasteiger partial charge in [-0.15, -0.1) is 0 Å². The first kappa shape index (κ1) is 12.9. The SMILES string of the molecule is COC(C)Cc1ccccc1C(=O)CCN. The van der Waals surface area contributed by atoms with E-state index in [1.807, 2.05) is 31.2 Å². The summed E-state index contributed by atoms with van der Waals surface area (Å²) in [5.74, 6) is 0.112. The molecule has 0 saturated carbocycles. The third kappa shape index (κ3) is 3.43. The Kier molecular flexibility index (Phi) is 5.15.